The summed E-state index contributed by atoms with van der Waals surface area (Å²) in [5, 5.41) is 2.59. The van der Waals surface area contributed by atoms with Gasteiger partial charge in [-0.3, -0.25) is 19.1 Å². The molecule has 8 nitrogen and oxygen atoms in total. The van der Waals surface area contributed by atoms with Crippen molar-refractivity contribution in [3.8, 4) is 0 Å². The van der Waals surface area contributed by atoms with Crippen molar-refractivity contribution in [2.45, 2.75) is 66.5 Å². The smallest absolute Gasteiger partial charge is 0.324 e. The Bertz CT molecular complexity index is 1240. The average Bonchev–Trinajstić information content (AvgIpc) is 3.06. The molecule has 172 valence electrons. The molecule has 1 amide bonds. The number of nitrogens with zero attached hydrogens (tertiary/aromatic N) is 3. The van der Waals surface area contributed by atoms with E-state index in [0.717, 1.165) is 18.4 Å². The third-order valence-corrected chi connectivity index (χ3v) is 5.22. The molecule has 0 aliphatic heterocycles. The molecule has 2 aromatic heterocycles. The first-order valence-electron chi connectivity index (χ1n) is 11.0. The van der Waals surface area contributed by atoms with Crippen LogP contribution in [-0.4, -0.2) is 25.0 Å². The van der Waals surface area contributed by atoms with Crippen molar-refractivity contribution in [1.29, 1.82) is 0 Å². The lowest BCUT2D eigenvalue weighted by atomic mass is 10.2. The number of aromatic nitrogens is 4. The van der Waals surface area contributed by atoms with Crippen LogP contribution in [-0.2, 0) is 24.3 Å². The highest BCUT2D eigenvalue weighted by Gasteiger charge is 2.20. The Morgan fingerprint density at radius 1 is 1.25 bits per heavy atom. The van der Waals surface area contributed by atoms with Crippen LogP contribution in [0.4, 0.5) is 10.1 Å². The molecule has 0 saturated carbocycles. The van der Waals surface area contributed by atoms with Gasteiger partial charge in [0, 0.05) is 25.9 Å². The van der Waals surface area contributed by atoms with Gasteiger partial charge in [0.2, 0.25) is 5.91 Å². The van der Waals surface area contributed by atoms with Crippen LogP contribution in [0.25, 0.3) is 11.2 Å². The fourth-order valence-corrected chi connectivity index (χ4v) is 3.65. The van der Waals surface area contributed by atoms with E-state index in [1.54, 1.807) is 17.6 Å². The van der Waals surface area contributed by atoms with E-state index in [-0.39, 0.29) is 30.4 Å². The number of rotatable bonds is 9. The second-order valence-electron chi connectivity index (χ2n) is 8.50. The number of benzene rings is 1. The highest BCUT2D eigenvalue weighted by molar-refractivity contribution is 5.91. The minimum atomic E-state index is -0.489. The van der Waals surface area contributed by atoms with Gasteiger partial charge in [0.25, 0.3) is 5.56 Å². The number of anilines is 1. The normalized spacial score (nSPS) is 11.4. The number of imidazole rings is 1. The van der Waals surface area contributed by atoms with Crippen LogP contribution in [0.2, 0.25) is 0 Å². The van der Waals surface area contributed by atoms with Crippen molar-refractivity contribution in [3.63, 3.8) is 0 Å². The van der Waals surface area contributed by atoms with E-state index in [4.69, 9.17) is 0 Å². The van der Waals surface area contributed by atoms with Crippen molar-refractivity contribution in [2.24, 2.45) is 5.92 Å². The van der Waals surface area contributed by atoms with Crippen molar-refractivity contribution in [1.82, 2.24) is 19.1 Å². The maximum Gasteiger partial charge on any atom is 0.330 e. The zero-order valence-corrected chi connectivity index (χ0v) is 19.0. The van der Waals surface area contributed by atoms with Crippen molar-refractivity contribution < 1.29 is 9.18 Å². The largest absolute Gasteiger partial charge is 0.330 e. The molecule has 0 saturated heterocycles. The lowest BCUT2D eigenvalue weighted by Gasteiger charge is -2.12. The Balaban J connectivity index is 1.92. The summed E-state index contributed by atoms with van der Waals surface area (Å²) in [5.74, 6) is -0.0725. The molecule has 0 spiro atoms. The number of hydrogen-bond donors (Lipinski definition) is 2. The molecule has 0 atom stereocenters. The lowest BCUT2D eigenvalue weighted by molar-refractivity contribution is -0.116. The molecular weight excluding hydrogens is 413 g/mol. The number of carbonyl (C=O) groups is 1. The number of nitrogens with one attached hydrogen (secondary N) is 2. The van der Waals surface area contributed by atoms with Gasteiger partial charge in [-0.1, -0.05) is 33.3 Å². The third-order valence-electron chi connectivity index (χ3n) is 5.22. The summed E-state index contributed by atoms with van der Waals surface area (Å²) < 4.78 is 17.3. The molecule has 3 aromatic rings. The summed E-state index contributed by atoms with van der Waals surface area (Å²) in [7, 11) is 0. The Hall–Kier alpha value is -3.23. The summed E-state index contributed by atoms with van der Waals surface area (Å²) in [4.78, 5) is 44.5. The number of aromatic amines is 1. The Labute approximate surface area is 185 Å². The molecule has 0 aliphatic carbocycles. The molecule has 0 radical (unpaired) electrons. The monoisotopic (exact) mass is 443 g/mol. The first-order valence-corrected chi connectivity index (χ1v) is 11.0. The van der Waals surface area contributed by atoms with Crippen LogP contribution in [0.1, 0.15) is 51.4 Å². The van der Waals surface area contributed by atoms with E-state index in [2.05, 4.69) is 15.3 Å². The predicted octanol–water partition coefficient (Wildman–Crippen LogP) is 3.36. The molecule has 0 unspecified atom stereocenters. The molecule has 32 heavy (non-hydrogen) atoms. The van der Waals surface area contributed by atoms with E-state index >= 15 is 0 Å². The van der Waals surface area contributed by atoms with Crippen LogP contribution < -0.4 is 16.6 Å². The molecule has 1 aromatic carbocycles. The minimum absolute atomic E-state index is 0.0613. The summed E-state index contributed by atoms with van der Waals surface area (Å²) in [6, 6.07) is 4.62. The summed E-state index contributed by atoms with van der Waals surface area (Å²) >= 11 is 0. The zero-order valence-electron chi connectivity index (χ0n) is 19.0. The van der Waals surface area contributed by atoms with E-state index in [0.29, 0.717) is 30.1 Å². The summed E-state index contributed by atoms with van der Waals surface area (Å²) in [5.41, 5.74) is 0.609. The standard InChI is InChI=1S/C23H30FN5O3/c1-5-6-11-28-21-20(22(31)27-23(28)32)29(13-14(2)3)18(26-21)9-10-19(30)25-17-8-7-15(4)12-16(17)24/h7-8,12,14H,5-6,9-11,13H2,1-4H3,(H,25,30)(H,27,31,32). The molecule has 2 N–H and O–H groups in total. The molecular formula is C23H30FN5O3. The van der Waals surface area contributed by atoms with Gasteiger partial charge in [-0.05, 0) is 37.0 Å². The lowest BCUT2D eigenvalue weighted by Crippen LogP contribution is -2.31. The van der Waals surface area contributed by atoms with Gasteiger partial charge in [0.15, 0.2) is 11.2 Å². The van der Waals surface area contributed by atoms with E-state index in [9.17, 15) is 18.8 Å². The Kier molecular flexibility index (Phi) is 7.27. The molecule has 2 heterocycles. The van der Waals surface area contributed by atoms with Crippen molar-refractivity contribution in [2.75, 3.05) is 5.32 Å². The second kappa shape index (κ2) is 9.93. The zero-order chi connectivity index (χ0) is 23.4. The maximum absolute atomic E-state index is 14.0. The third kappa shape index (κ3) is 5.15. The molecule has 0 fully saturated rings. The van der Waals surface area contributed by atoms with Crippen molar-refractivity contribution >= 4 is 22.8 Å². The van der Waals surface area contributed by atoms with Gasteiger partial charge in [0.05, 0.1) is 5.69 Å². The van der Waals surface area contributed by atoms with Gasteiger partial charge in [0.1, 0.15) is 11.6 Å². The van der Waals surface area contributed by atoms with E-state index in [1.165, 1.54) is 16.7 Å². The Morgan fingerprint density at radius 2 is 2.00 bits per heavy atom. The number of fused-ring (bicyclic) bond motifs is 1. The number of aryl methyl sites for hydroxylation is 3. The van der Waals surface area contributed by atoms with Crippen molar-refractivity contribution in [3.05, 3.63) is 56.2 Å². The van der Waals surface area contributed by atoms with Gasteiger partial charge < -0.3 is 9.88 Å². The minimum Gasteiger partial charge on any atom is -0.324 e. The molecule has 0 aliphatic rings. The average molecular weight is 444 g/mol. The predicted molar refractivity (Wildman–Crippen MR) is 122 cm³/mol. The highest BCUT2D eigenvalue weighted by atomic mass is 19.1. The van der Waals surface area contributed by atoms with Gasteiger partial charge in [-0.25, -0.2) is 14.2 Å². The number of H-pyrrole nitrogens is 1. The van der Waals surface area contributed by atoms with E-state index < -0.39 is 17.1 Å². The Morgan fingerprint density at radius 3 is 2.66 bits per heavy atom. The fourth-order valence-electron chi connectivity index (χ4n) is 3.65. The quantitative estimate of drug-likeness (QED) is 0.529. The number of halogens is 1. The second-order valence-corrected chi connectivity index (χ2v) is 8.50. The maximum atomic E-state index is 14.0. The van der Waals surface area contributed by atoms with Crippen LogP contribution in [0, 0.1) is 18.7 Å². The van der Waals surface area contributed by atoms with Gasteiger partial charge in [-0.2, -0.15) is 0 Å². The van der Waals surface area contributed by atoms with Crippen LogP contribution in [0.5, 0.6) is 0 Å². The van der Waals surface area contributed by atoms with E-state index in [1.807, 2.05) is 20.8 Å². The van der Waals surface area contributed by atoms with Gasteiger partial charge >= 0.3 is 5.69 Å². The fraction of sp³-hybridized carbons (Fsp3) is 0.478. The number of unbranched alkanes of at least 4 members (excludes halogenated alkanes) is 1. The van der Waals surface area contributed by atoms with Crippen LogP contribution in [0.15, 0.2) is 27.8 Å². The number of amides is 1. The van der Waals surface area contributed by atoms with Gasteiger partial charge in [-0.15, -0.1) is 0 Å². The summed E-state index contributed by atoms with van der Waals surface area (Å²) in [6.45, 7) is 8.80. The topological polar surface area (TPSA) is 102 Å². The first kappa shape index (κ1) is 23.4. The van der Waals surface area contributed by atoms with Crippen LogP contribution in [0.3, 0.4) is 0 Å². The highest BCUT2D eigenvalue weighted by Crippen LogP contribution is 2.18. The first-order chi connectivity index (χ1) is 15.2. The number of carbonyl (C=O) groups excluding carboxylic acids is 1. The molecule has 0 bridgehead atoms. The summed E-state index contributed by atoms with van der Waals surface area (Å²) in [6.07, 6.45) is 1.98. The van der Waals surface area contributed by atoms with Crippen LogP contribution >= 0.6 is 0 Å². The molecule has 3 rings (SSSR count). The number of hydrogen-bond acceptors (Lipinski definition) is 4. The molecule has 9 heteroatoms. The SMILES string of the molecule is CCCCn1c(=O)[nH]c(=O)c2c1nc(CCC(=O)Nc1ccc(C)cc1F)n2CC(C)C.